The van der Waals surface area contributed by atoms with Crippen LogP contribution in [0.2, 0.25) is 5.02 Å². The number of ether oxygens (including phenoxy) is 1. The molecule has 1 N–H and O–H groups in total. The summed E-state index contributed by atoms with van der Waals surface area (Å²) in [6.45, 7) is -0.209. The third kappa shape index (κ3) is 4.83. The summed E-state index contributed by atoms with van der Waals surface area (Å²) in [5.74, 6) is 0.0532. The van der Waals surface area contributed by atoms with Crippen molar-refractivity contribution in [2.75, 3.05) is 25.2 Å². The molecule has 1 saturated carbocycles. The molecule has 23 heavy (non-hydrogen) atoms. The van der Waals surface area contributed by atoms with Crippen LogP contribution < -0.4 is 10.1 Å². The first-order chi connectivity index (χ1) is 10.8. The number of anilines is 1. The van der Waals surface area contributed by atoms with Crippen molar-refractivity contribution in [3.8, 4) is 5.75 Å². The van der Waals surface area contributed by atoms with Crippen LogP contribution in [0.5, 0.6) is 5.75 Å². The van der Waals surface area contributed by atoms with E-state index in [2.05, 4.69) is 5.32 Å². The Morgan fingerprint density at radius 3 is 2.61 bits per heavy atom. The second-order valence-corrected chi connectivity index (χ2v) is 8.01. The Morgan fingerprint density at radius 1 is 1.39 bits per heavy atom. The van der Waals surface area contributed by atoms with Gasteiger partial charge in [-0.15, -0.1) is 0 Å². The number of benzene rings is 1. The van der Waals surface area contributed by atoms with Crippen LogP contribution in [-0.2, 0) is 14.8 Å². The summed E-state index contributed by atoms with van der Waals surface area (Å²) < 4.78 is 30.4. The smallest absolute Gasteiger partial charge is 0.239 e. The van der Waals surface area contributed by atoms with E-state index in [1.54, 1.807) is 18.2 Å². The first kappa shape index (κ1) is 18.0. The van der Waals surface area contributed by atoms with Gasteiger partial charge in [-0.2, -0.15) is 4.31 Å². The summed E-state index contributed by atoms with van der Waals surface area (Å²) >= 11 is 5.93. The van der Waals surface area contributed by atoms with E-state index in [-0.39, 0.29) is 12.6 Å². The number of sulfonamides is 1. The van der Waals surface area contributed by atoms with Gasteiger partial charge in [-0.25, -0.2) is 8.42 Å². The maximum atomic E-state index is 12.3. The second kappa shape index (κ2) is 7.51. The number of hydrogen-bond donors (Lipinski definition) is 1. The SMILES string of the molecule is COc1ccc(Cl)cc1NC(=O)CN(C1CCCC1)S(C)(=O)=O. The number of methoxy groups -OCH3 is 1. The Morgan fingerprint density at radius 2 is 2.04 bits per heavy atom. The maximum Gasteiger partial charge on any atom is 0.239 e. The van der Waals surface area contributed by atoms with Gasteiger partial charge in [0.05, 0.1) is 25.6 Å². The van der Waals surface area contributed by atoms with Gasteiger partial charge in [-0.3, -0.25) is 4.79 Å². The first-order valence-corrected chi connectivity index (χ1v) is 9.64. The molecule has 128 valence electrons. The standard InChI is InChI=1S/C15H21ClN2O4S/c1-22-14-8-7-11(16)9-13(14)17-15(19)10-18(23(2,20)21)12-5-3-4-6-12/h7-9,12H,3-6,10H2,1-2H3,(H,17,19). The number of nitrogens with one attached hydrogen (secondary N) is 1. The maximum absolute atomic E-state index is 12.3. The highest BCUT2D eigenvalue weighted by molar-refractivity contribution is 7.88. The fourth-order valence-corrected chi connectivity index (χ4v) is 4.09. The molecular formula is C15H21ClN2O4S. The molecule has 1 amide bonds. The third-order valence-electron chi connectivity index (χ3n) is 3.89. The lowest BCUT2D eigenvalue weighted by molar-refractivity contribution is -0.116. The van der Waals surface area contributed by atoms with Crippen LogP contribution in [0, 0.1) is 0 Å². The van der Waals surface area contributed by atoms with E-state index in [4.69, 9.17) is 16.3 Å². The monoisotopic (exact) mass is 360 g/mol. The average Bonchev–Trinajstić information content (AvgIpc) is 2.97. The second-order valence-electron chi connectivity index (χ2n) is 5.64. The number of amides is 1. The Bertz CT molecular complexity index is 672. The number of carbonyl (C=O) groups is 1. The molecule has 1 aliphatic carbocycles. The molecule has 1 aliphatic rings. The quantitative estimate of drug-likeness (QED) is 0.845. The highest BCUT2D eigenvalue weighted by atomic mass is 35.5. The Kier molecular flexibility index (Phi) is 5.89. The Hall–Kier alpha value is -1.31. The third-order valence-corrected chi connectivity index (χ3v) is 5.41. The van der Waals surface area contributed by atoms with Crippen molar-refractivity contribution in [3.63, 3.8) is 0 Å². The van der Waals surface area contributed by atoms with Gasteiger partial charge in [0.1, 0.15) is 5.75 Å². The van der Waals surface area contributed by atoms with Crippen LogP contribution in [-0.4, -0.2) is 44.6 Å². The molecule has 0 radical (unpaired) electrons. The van der Waals surface area contributed by atoms with Crippen LogP contribution >= 0.6 is 11.6 Å². The van der Waals surface area contributed by atoms with Gasteiger partial charge in [0.15, 0.2) is 0 Å². The first-order valence-electron chi connectivity index (χ1n) is 7.41. The summed E-state index contributed by atoms with van der Waals surface area (Å²) in [6, 6.07) is 4.76. The van der Waals surface area contributed by atoms with E-state index in [1.807, 2.05) is 0 Å². The largest absolute Gasteiger partial charge is 0.495 e. The zero-order valence-corrected chi connectivity index (χ0v) is 14.8. The Labute approximate surface area is 141 Å². The van der Waals surface area contributed by atoms with Crippen molar-refractivity contribution >= 4 is 33.2 Å². The van der Waals surface area contributed by atoms with Crippen molar-refractivity contribution < 1.29 is 17.9 Å². The zero-order valence-electron chi connectivity index (χ0n) is 13.2. The molecule has 0 bridgehead atoms. The van der Waals surface area contributed by atoms with E-state index in [9.17, 15) is 13.2 Å². The van der Waals surface area contributed by atoms with Crippen molar-refractivity contribution in [1.29, 1.82) is 0 Å². The van der Waals surface area contributed by atoms with Crippen LogP contribution in [0.4, 0.5) is 5.69 Å². The lowest BCUT2D eigenvalue weighted by Crippen LogP contribution is -2.43. The average molecular weight is 361 g/mol. The summed E-state index contributed by atoms with van der Waals surface area (Å²) in [5.41, 5.74) is 0.421. The fraction of sp³-hybridized carbons (Fsp3) is 0.533. The van der Waals surface area contributed by atoms with Crippen LogP contribution in [0.1, 0.15) is 25.7 Å². The summed E-state index contributed by atoms with van der Waals surface area (Å²) in [4.78, 5) is 12.3. The lowest BCUT2D eigenvalue weighted by Gasteiger charge is -2.25. The molecule has 0 aliphatic heterocycles. The molecule has 1 aromatic carbocycles. The van der Waals surface area contributed by atoms with Crippen LogP contribution in [0.25, 0.3) is 0 Å². The predicted molar refractivity (Wildman–Crippen MR) is 90.4 cm³/mol. The van der Waals surface area contributed by atoms with E-state index in [0.29, 0.717) is 16.5 Å². The fourth-order valence-electron chi connectivity index (χ4n) is 2.82. The van der Waals surface area contributed by atoms with Crippen LogP contribution in [0.15, 0.2) is 18.2 Å². The van der Waals surface area contributed by atoms with Crippen molar-refractivity contribution in [1.82, 2.24) is 4.31 Å². The number of nitrogens with zero attached hydrogens (tertiary/aromatic N) is 1. The van der Waals surface area contributed by atoms with Crippen molar-refractivity contribution in [2.24, 2.45) is 0 Å². The van der Waals surface area contributed by atoms with Gasteiger partial charge in [0.25, 0.3) is 0 Å². The minimum atomic E-state index is -3.44. The number of halogens is 1. The van der Waals surface area contributed by atoms with E-state index in [0.717, 1.165) is 31.9 Å². The van der Waals surface area contributed by atoms with Crippen LogP contribution in [0.3, 0.4) is 0 Å². The molecular weight excluding hydrogens is 340 g/mol. The highest BCUT2D eigenvalue weighted by Gasteiger charge is 2.31. The Balaban J connectivity index is 2.12. The van der Waals surface area contributed by atoms with Gasteiger partial charge >= 0.3 is 0 Å². The molecule has 0 spiro atoms. The molecule has 2 rings (SSSR count). The van der Waals surface area contributed by atoms with Gasteiger partial charge in [-0.1, -0.05) is 24.4 Å². The lowest BCUT2D eigenvalue weighted by atomic mass is 10.2. The van der Waals surface area contributed by atoms with Gasteiger partial charge in [-0.05, 0) is 31.0 Å². The van der Waals surface area contributed by atoms with Gasteiger partial charge in [0.2, 0.25) is 15.9 Å². The summed E-state index contributed by atoms with van der Waals surface area (Å²) in [6.07, 6.45) is 4.70. The van der Waals surface area contributed by atoms with E-state index in [1.165, 1.54) is 11.4 Å². The molecule has 6 nitrogen and oxygen atoms in total. The zero-order chi connectivity index (χ0) is 17.0. The normalized spacial score (nSPS) is 15.8. The number of rotatable bonds is 6. The number of carbonyl (C=O) groups excluding carboxylic acids is 1. The number of hydrogen-bond acceptors (Lipinski definition) is 4. The molecule has 1 fully saturated rings. The predicted octanol–water partition coefficient (Wildman–Crippen LogP) is 2.49. The van der Waals surface area contributed by atoms with Gasteiger partial charge < -0.3 is 10.1 Å². The molecule has 0 atom stereocenters. The molecule has 1 aromatic rings. The minimum Gasteiger partial charge on any atom is -0.495 e. The van der Waals surface area contributed by atoms with Crippen molar-refractivity contribution in [3.05, 3.63) is 23.2 Å². The summed E-state index contributed by atoms with van der Waals surface area (Å²) in [5, 5.41) is 3.13. The molecule has 0 heterocycles. The summed E-state index contributed by atoms with van der Waals surface area (Å²) in [7, 11) is -1.96. The molecule has 8 heteroatoms. The molecule has 0 saturated heterocycles. The van der Waals surface area contributed by atoms with Gasteiger partial charge in [0, 0.05) is 11.1 Å². The highest BCUT2D eigenvalue weighted by Crippen LogP contribution is 2.28. The molecule has 0 aromatic heterocycles. The van der Waals surface area contributed by atoms with E-state index < -0.39 is 15.9 Å². The van der Waals surface area contributed by atoms with E-state index >= 15 is 0 Å². The molecule has 0 unspecified atom stereocenters. The minimum absolute atomic E-state index is 0.1000. The van der Waals surface area contributed by atoms with Crippen molar-refractivity contribution in [2.45, 2.75) is 31.7 Å². The topological polar surface area (TPSA) is 75.7 Å².